The van der Waals surface area contributed by atoms with Crippen molar-refractivity contribution in [2.24, 2.45) is 11.7 Å². The van der Waals surface area contributed by atoms with Crippen molar-refractivity contribution in [3.63, 3.8) is 0 Å². The highest BCUT2D eigenvalue weighted by Crippen LogP contribution is 2.24. The molecule has 1 nitrogen and oxygen atoms in total. The summed E-state index contributed by atoms with van der Waals surface area (Å²) in [6.45, 7) is -0.209. The molecule has 1 aliphatic heterocycles. The van der Waals surface area contributed by atoms with Crippen molar-refractivity contribution in [1.29, 1.82) is 0 Å². The number of hydrogen-bond donors (Lipinski definition) is 1. The monoisotopic (exact) mass is 163 g/mol. The first-order valence-electron chi connectivity index (χ1n) is 3.74. The van der Waals surface area contributed by atoms with E-state index in [1.54, 1.807) is 0 Å². The molecule has 60 valence electrons. The third-order valence-corrected chi connectivity index (χ3v) is 3.20. The molecule has 2 unspecified atom stereocenters. The van der Waals surface area contributed by atoms with Gasteiger partial charge in [-0.05, 0) is 30.3 Å². The molecule has 1 fully saturated rings. The SMILES string of the molecule is NC1CCSCC1CCF. The highest BCUT2D eigenvalue weighted by Gasteiger charge is 2.21. The quantitative estimate of drug-likeness (QED) is 0.666. The Balaban J connectivity index is 2.25. The number of nitrogens with two attached hydrogens (primary N) is 1. The van der Waals surface area contributed by atoms with Gasteiger partial charge in [0.15, 0.2) is 0 Å². The fourth-order valence-electron chi connectivity index (χ4n) is 1.25. The molecule has 0 aliphatic carbocycles. The van der Waals surface area contributed by atoms with Crippen LogP contribution in [-0.2, 0) is 0 Å². The Morgan fingerprint density at radius 2 is 2.40 bits per heavy atom. The van der Waals surface area contributed by atoms with Crippen molar-refractivity contribution in [3.8, 4) is 0 Å². The third kappa shape index (κ3) is 2.13. The number of thioether (sulfide) groups is 1. The van der Waals surface area contributed by atoms with Crippen molar-refractivity contribution in [3.05, 3.63) is 0 Å². The molecule has 2 N–H and O–H groups in total. The zero-order valence-electron chi connectivity index (χ0n) is 6.05. The first kappa shape index (κ1) is 8.34. The summed E-state index contributed by atoms with van der Waals surface area (Å²) in [4.78, 5) is 0. The first-order chi connectivity index (χ1) is 4.84. The van der Waals surface area contributed by atoms with Gasteiger partial charge in [0.25, 0.3) is 0 Å². The molecule has 0 radical (unpaired) electrons. The molecule has 0 saturated carbocycles. The van der Waals surface area contributed by atoms with Crippen LogP contribution in [0.3, 0.4) is 0 Å². The van der Waals surface area contributed by atoms with Gasteiger partial charge in [-0.1, -0.05) is 0 Å². The summed E-state index contributed by atoms with van der Waals surface area (Å²) >= 11 is 1.90. The van der Waals surface area contributed by atoms with Gasteiger partial charge in [0.1, 0.15) is 0 Å². The second-order valence-corrected chi connectivity index (χ2v) is 3.92. The summed E-state index contributed by atoms with van der Waals surface area (Å²) in [5.41, 5.74) is 5.79. The molecular weight excluding hydrogens is 149 g/mol. The highest BCUT2D eigenvalue weighted by molar-refractivity contribution is 7.99. The second-order valence-electron chi connectivity index (χ2n) is 2.77. The molecule has 2 atom stereocenters. The van der Waals surface area contributed by atoms with Crippen LogP contribution in [0.5, 0.6) is 0 Å². The molecule has 0 bridgehead atoms. The Bertz CT molecular complexity index is 97.6. The molecule has 1 heterocycles. The van der Waals surface area contributed by atoms with E-state index in [-0.39, 0.29) is 12.7 Å². The van der Waals surface area contributed by atoms with E-state index in [1.165, 1.54) is 0 Å². The van der Waals surface area contributed by atoms with Gasteiger partial charge in [-0.15, -0.1) is 0 Å². The van der Waals surface area contributed by atoms with Crippen molar-refractivity contribution >= 4 is 11.8 Å². The first-order valence-corrected chi connectivity index (χ1v) is 4.89. The van der Waals surface area contributed by atoms with Crippen LogP contribution in [0.4, 0.5) is 4.39 Å². The van der Waals surface area contributed by atoms with Gasteiger partial charge in [-0.3, -0.25) is 4.39 Å². The fraction of sp³-hybridized carbons (Fsp3) is 1.00. The highest BCUT2D eigenvalue weighted by atomic mass is 32.2. The van der Waals surface area contributed by atoms with Gasteiger partial charge in [0, 0.05) is 6.04 Å². The molecule has 10 heavy (non-hydrogen) atoms. The lowest BCUT2D eigenvalue weighted by atomic mass is 9.97. The van der Waals surface area contributed by atoms with E-state index >= 15 is 0 Å². The number of rotatable bonds is 2. The Labute approximate surface area is 65.6 Å². The number of alkyl halides is 1. The van der Waals surface area contributed by atoms with E-state index in [1.807, 2.05) is 11.8 Å². The lowest BCUT2D eigenvalue weighted by Gasteiger charge is -2.27. The Morgan fingerprint density at radius 1 is 1.60 bits per heavy atom. The molecule has 1 rings (SSSR count). The average Bonchev–Trinajstić information content (AvgIpc) is 1.94. The maximum atomic E-state index is 11.9. The molecular formula is C7H14FNS. The molecule has 0 aromatic heterocycles. The zero-order chi connectivity index (χ0) is 7.40. The predicted molar refractivity (Wildman–Crippen MR) is 44.0 cm³/mol. The van der Waals surface area contributed by atoms with Gasteiger partial charge in [-0.25, -0.2) is 0 Å². The zero-order valence-corrected chi connectivity index (χ0v) is 6.87. The third-order valence-electron chi connectivity index (χ3n) is 2.01. The van der Waals surface area contributed by atoms with E-state index in [0.717, 1.165) is 17.9 Å². The van der Waals surface area contributed by atoms with Gasteiger partial charge in [0.05, 0.1) is 6.67 Å². The van der Waals surface area contributed by atoms with Gasteiger partial charge in [0.2, 0.25) is 0 Å². The standard InChI is InChI=1S/C7H14FNS/c8-3-1-6-5-10-4-2-7(6)9/h6-7H,1-5,9H2. The van der Waals surface area contributed by atoms with Crippen molar-refractivity contribution in [1.82, 2.24) is 0 Å². The van der Waals surface area contributed by atoms with E-state index in [2.05, 4.69) is 0 Å². The van der Waals surface area contributed by atoms with Crippen LogP contribution in [0, 0.1) is 5.92 Å². The van der Waals surface area contributed by atoms with Crippen LogP contribution in [0.25, 0.3) is 0 Å². The summed E-state index contributed by atoms with van der Waals surface area (Å²) in [6, 6.07) is 0.261. The maximum Gasteiger partial charge on any atom is 0.0898 e. The fourth-order valence-corrected chi connectivity index (χ4v) is 2.57. The van der Waals surface area contributed by atoms with Crippen LogP contribution in [-0.4, -0.2) is 24.2 Å². The van der Waals surface area contributed by atoms with Gasteiger partial charge < -0.3 is 5.73 Å². The van der Waals surface area contributed by atoms with Crippen molar-refractivity contribution < 1.29 is 4.39 Å². The number of hydrogen-bond acceptors (Lipinski definition) is 2. The predicted octanol–water partition coefficient (Wildman–Crippen LogP) is 1.43. The number of halogens is 1. The minimum atomic E-state index is -0.209. The average molecular weight is 163 g/mol. The lowest BCUT2D eigenvalue weighted by Crippen LogP contribution is -2.35. The summed E-state index contributed by atoms with van der Waals surface area (Å²) < 4.78 is 11.9. The molecule has 0 spiro atoms. The van der Waals surface area contributed by atoms with Crippen LogP contribution in [0.15, 0.2) is 0 Å². The Morgan fingerprint density at radius 3 is 3.00 bits per heavy atom. The second kappa shape index (κ2) is 4.19. The maximum absolute atomic E-state index is 11.9. The Hall–Kier alpha value is 0.240. The van der Waals surface area contributed by atoms with E-state index in [4.69, 9.17) is 5.73 Å². The summed E-state index contributed by atoms with van der Waals surface area (Å²) in [5.74, 6) is 2.65. The van der Waals surface area contributed by atoms with Crippen LogP contribution < -0.4 is 5.73 Å². The minimum absolute atomic E-state index is 0.209. The van der Waals surface area contributed by atoms with Crippen LogP contribution in [0.1, 0.15) is 12.8 Å². The van der Waals surface area contributed by atoms with Gasteiger partial charge in [-0.2, -0.15) is 11.8 Å². The minimum Gasteiger partial charge on any atom is -0.327 e. The molecule has 0 aromatic carbocycles. The van der Waals surface area contributed by atoms with Crippen molar-refractivity contribution in [2.45, 2.75) is 18.9 Å². The molecule has 1 saturated heterocycles. The largest absolute Gasteiger partial charge is 0.327 e. The smallest absolute Gasteiger partial charge is 0.0898 e. The molecule has 0 amide bonds. The topological polar surface area (TPSA) is 26.0 Å². The van der Waals surface area contributed by atoms with Gasteiger partial charge >= 0.3 is 0 Å². The lowest BCUT2D eigenvalue weighted by molar-refractivity contribution is 0.354. The van der Waals surface area contributed by atoms with Crippen LogP contribution >= 0.6 is 11.8 Å². The molecule has 1 aliphatic rings. The molecule has 0 aromatic rings. The van der Waals surface area contributed by atoms with Crippen molar-refractivity contribution in [2.75, 3.05) is 18.2 Å². The van der Waals surface area contributed by atoms with Crippen LogP contribution in [0.2, 0.25) is 0 Å². The summed E-state index contributed by atoms with van der Waals surface area (Å²) in [7, 11) is 0. The van der Waals surface area contributed by atoms with E-state index in [0.29, 0.717) is 12.3 Å². The van der Waals surface area contributed by atoms with E-state index in [9.17, 15) is 4.39 Å². The summed E-state index contributed by atoms with van der Waals surface area (Å²) in [5, 5.41) is 0. The Kier molecular flexibility index (Phi) is 3.49. The summed E-state index contributed by atoms with van der Waals surface area (Å²) in [6.07, 6.45) is 1.73. The normalized spacial score (nSPS) is 34.2. The van der Waals surface area contributed by atoms with E-state index < -0.39 is 0 Å². The molecule has 3 heteroatoms.